The van der Waals surface area contributed by atoms with E-state index in [0.29, 0.717) is 6.61 Å². The Morgan fingerprint density at radius 2 is 1.81 bits per heavy atom. The van der Waals surface area contributed by atoms with Crippen LogP contribution in [0, 0.1) is 6.10 Å². The third kappa shape index (κ3) is 1.70. The van der Waals surface area contributed by atoms with E-state index in [4.69, 9.17) is 9.78 Å². The fraction of sp³-hybridized carbons (Fsp3) is 0.214. The fourth-order valence-corrected chi connectivity index (χ4v) is 2.09. The fourth-order valence-electron chi connectivity index (χ4n) is 2.09. The summed E-state index contributed by atoms with van der Waals surface area (Å²) in [6, 6.07) is 14.6. The summed E-state index contributed by atoms with van der Waals surface area (Å²) in [5.41, 5.74) is 1.15. The normalized spacial score (nSPS) is 17.8. The maximum atomic E-state index is 5.29. The van der Waals surface area contributed by atoms with Crippen LogP contribution in [0.2, 0.25) is 0 Å². The second-order valence-corrected chi connectivity index (χ2v) is 3.96. The van der Waals surface area contributed by atoms with Gasteiger partial charge in [-0.05, 0) is 29.2 Å². The highest BCUT2D eigenvalue weighted by atomic mass is 17.2. The Bertz CT molecular complexity index is 482. The highest BCUT2D eigenvalue weighted by molar-refractivity contribution is 5.87. The van der Waals surface area contributed by atoms with Gasteiger partial charge in [-0.15, -0.1) is 0 Å². The molecule has 2 nitrogen and oxygen atoms in total. The molecule has 81 valence electrons. The quantitative estimate of drug-likeness (QED) is 0.675. The molecule has 0 saturated carbocycles. The van der Waals surface area contributed by atoms with Crippen LogP contribution in [0.4, 0.5) is 0 Å². The Balaban J connectivity index is 2.08. The SMILES string of the molecule is c1ccc2c([C]3CCCOO3)cccc2c1. The molecule has 0 aromatic heterocycles. The molecule has 1 radical (unpaired) electrons. The van der Waals surface area contributed by atoms with Crippen molar-refractivity contribution in [1.29, 1.82) is 0 Å². The molecule has 0 amide bonds. The van der Waals surface area contributed by atoms with Crippen molar-refractivity contribution in [3.05, 3.63) is 54.1 Å². The van der Waals surface area contributed by atoms with Crippen molar-refractivity contribution in [1.82, 2.24) is 0 Å². The van der Waals surface area contributed by atoms with E-state index in [2.05, 4.69) is 42.5 Å². The lowest BCUT2D eigenvalue weighted by atomic mass is 9.98. The molecule has 16 heavy (non-hydrogen) atoms. The first-order chi connectivity index (χ1) is 7.95. The molecule has 3 rings (SSSR count). The predicted octanol–water partition coefficient (Wildman–Crippen LogP) is 3.46. The summed E-state index contributed by atoms with van der Waals surface area (Å²) < 4.78 is 0. The summed E-state index contributed by atoms with van der Waals surface area (Å²) in [6.45, 7) is 0.689. The van der Waals surface area contributed by atoms with E-state index >= 15 is 0 Å². The summed E-state index contributed by atoms with van der Waals surface area (Å²) in [4.78, 5) is 10.3. The minimum atomic E-state index is 0.689. The van der Waals surface area contributed by atoms with Gasteiger partial charge in [-0.1, -0.05) is 42.5 Å². The van der Waals surface area contributed by atoms with E-state index in [0.717, 1.165) is 24.5 Å². The van der Waals surface area contributed by atoms with E-state index in [9.17, 15) is 0 Å². The van der Waals surface area contributed by atoms with E-state index in [-0.39, 0.29) is 0 Å². The molecule has 0 N–H and O–H groups in total. The zero-order valence-corrected chi connectivity index (χ0v) is 8.98. The number of fused-ring (bicyclic) bond motifs is 1. The topological polar surface area (TPSA) is 18.5 Å². The Labute approximate surface area is 94.7 Å². The standard InChI is InChI=1S/C14H13O2/c1-2-7-12-11(5-1)6-3-8-13(12)14-9-4-10-15-16-14/h1-3,5-8H,4,9-10H2. The monoisotopic (exact) mass is 213 g/mol. The lowest BCUT2D eigenvalue weighted by molar-refractivity contribution is -0.300. The van der Waals surface area contributed by atoms with Crippen LogP contribution in [-0.4, -0.2) is 6.61 Å². The lowest BCUT2D eigenvalue weighted by Gasteiger charge is -2.21. The van der Waals surface area contributed by atoms with Crippen LogP contribution in [0.25, 0.3) is 10.8 Å². The minimum absolute atomic E-state index is 0.689. The van der Waals surface area contributed by atoms with Crippen molar-refractivity contribution in [3.63, 3.8) is 0 Å². The number of hydrogen-bond acceptors (Lipinski definition) is 2. The van der Waals surface area contributed by atoms with Crippen LogP contribution in [0.15, 0.2) is 42.5 Å². The van der Waals surface area contributed by atoms with Crippen LogP contribution in [0.3, 0.4) is 0 Å². The number of rotatable bonds is 1. The first-order valence-corrected chi connectivity index (χ1v) is 5.58. The molecule has 0 atom stereocenters. The first-order valence-electron chi connectivity index (χ1n) is 5.58. The molecular weight excluding hydrogens is 200 g/mol. The van der Waals surface area contributed by atoms with Gasteiger partial charge in [-0.25, -0.2) is 9.78 Å². The van der Waals surface area contributed by atoms with Gasteiger partial charge in [0.2, 0.25) is 0 Å². The van der Waals surface area contributed by atoms with E-state index in [1.165, 1.54) is 10.8 Å². The maximum absolute atomic E-state index is 5.29. The lowest BCUT2D eigenvalue weighted by Crippen LogP contribution is -2.14. The molecule has 2 aromatic rings. The largest absolute Gasteiger partial charge is 0.236 e. The maximum Gasteiger partial charge on any atom is 0.165 e. The van der Waals surface area contributed by atoms with Gasteiger partial charge in [-0.2, -0.15) is 0 Å². The highest BCUT2D eigenvalue weighted by Crippen LogP contribution is 2.31. The predicted molar refractivity (Wildman–Crippen MR) is 62.6 cm³/mol. The van der Waals surface area contributed by atoms with Crippen molar-refractivity contribution in [3.8, 4) is 0 Å². The molecule has 2 aromatic carbocycles. The molecule has 1 fully saturated rings. The molecule has 1 aliphatic rings. The molecule has 2 heteroatoms. The Hall–Kier alpha value is -1.38. The van der Waals surface area contributed by atoms with Crippen molar-refractivity contribution < 1.29 is 9.78 Å². The Kier molecular flexibility index (Phi) is 2.60. The highest BCUT2D eigenvalue weighted by Gasteiger charge is 2.20. The molecule has 0 aliphatic carbocycles. The Morgan fingerprint density at radius 3 is 2.69 bits per heavy atom. The summed E-state index contributed by atoms with van der Waals surface area (Å²) >= 11 is 0. The van der Waals surface area contributed by atoms with Gasteiger partial charge >= 0.3 is 0 Å². The second-order valence-electron chi connectivity index (χ2n) is 3.96. The summed E-state index contributed by atoms with van der Waals surface area (Å²) in [5, 5.41) is 2.46. The summed E-state index contributed by atoms with van der Waals surface area (Å²) in [6.07, 6.45) is 2.93. The van der Waals surface area contributed by atoms with Gasteiger partial charge in [0.1, 0.15) is 0 Å². The Morgan fingerprint density at radius 1 is 0.938 bits per heavy atom. The molecule has 1 saturated heterocycles. The first kappa shape index (κ1) is 9.82. The molecule has 0 bridgehead atoms. The zero-order valence-electron chi connectivity index (χ0n) is 8.98. The average molecular weight is 213 g/mol. The zero-order chi connectivity index (χ0) is 10.8. The number of hydrogen-bond donors (Lipinski definition) is 0. The van der Waals surface area contributed by atoms with Crippen molar-refractivity contribution >= 4 is 10.8 Å². The van der Waals surface area contributed by atoms with Crippen LogP contribution in [0.5, 0.6) is 0 Å². The van der Waals surface area contributed by atoms with Gasteiger partial charge < -0.3 is 0 Å². The van der Waals surface area contributed by atoms with Crippen LogP contribution in [-0.2, 0) is 9.78 Å². The van der Waals surface area contributed by atoms with Crippen LogP contribution < -0.4 is 0 Å². The van der Waals surface area contributed by atoms with Crippen molar-refractivity contribution in [2.24, 2.45) is 0 Å². The smallest absolute Gasteiger partial charge is 0.165 e. The van der Waals surface area contributed by atoms with E-state index < -0.39 is 0 Å². The van der Waals surface area contributed by atoms with Crippen molar-refractivity contribution in [2.75, 3.05) is 6.61 Å². The van der Waals surface area contributed by atoms with E-state index in [1.54, 1.807) is 0 Å². The molecule has 0 unspecified atom stereocenters. The van der Waals surface area contributed by atoms with Crippen LogP contribution >= 0.6 is 0 Å². The third-order valence-electron chi connectivity index (χ3n) is 2.88. The van der Waals surface area contributed by atoms with Gasteiger partial charge in [0.05, 0.1) is 6.61 Å². The van der Waals surface area contributed by atoms with Gasteiger partial charge in [-0.3, -0.25) is 0 Å². The van der Waals surface area contributed by atoms with Crippen LogP contribution in [0.1, 0.15) is 18.4 Å². The minimum Gasteiger partial charge on any atom is -0.236 e. The van der Waals surface area contributed by atoms with Crippen molar-refractivity contribution in [2.45, 2.75) is 12.8 Å². The van der Waals surface area contributed by atoms with Gasteiger partial charge in [0.15, 0.2) is 6.10 Å². The van der Waals surface area contributed by atoms with E-state index in [1.807, 2.05) is 0 Å². The molecule has 0 spiro atoms. The third-order valence-corrected chi connectivity index (χ3v) is 2.88. The number of benzene rings is 2. The molecular formula is C14H13O2. The second kappa shape index (κ2) is 4.24. The van der Waals surface area contributed by atoms with Gasteiger partial charge in [0.25, 0.3) is 0 Å². The average Bonchev–Trinajstić information content (AvgIpc) is 2.39. The molecule has 1 heterocycles. The summed E-state index contributed by atoms with van der Waals surface area (Å²) in [7, 11) is 0. The van der Waals surface area contributed by atoms with Gasteiger partial charge in [0, 0.05) is 0 Å². The summed E-state index contributed by atoms with van der Waals surface area (Å²) in [5.74, 6) is 0. The molecule has 1 aliphatic heterocycles.